The van der Waals surface area contributed by atoms with E-state index in [0.717, 1.165) is 12.4 Å². The molecule has 1 rings (SSSR count). The van der Waals surface area contributed by atoms with Gasteiger partial charge >= 0.3 is 6.18 Å². The third-order valence-corrected chi connectivity index (χ3v) is 2.39. The van der Waals surface area contributed by atoms with Gasteiger partial charge in [0.15, 0.2) is 5.83 Å². The molecule has 1 aromatic heterocycles. The fraction of sp³-hybridized carbons (Fsp3) is 0.500. The molecule has 0 bridgehead atoms. The second-order valence-electron chi connectivity index (χ2n) is 4.70. The molecule has 0 fully saturated rings. The summed E-state index contributed by atoms with van der Waals surface area (Å²) >= 11 is 0. The first-order valence-electron chi connectivity index (χ1n) is 5.78. The molecule has 0 unspecified atom stereocenters. The average molecular weight is 293 g/mol. The number of Topliss-reactive ketones (excluding diaryl/α,β-unsaturated/α-hetero) is 1. The van der Waals surface area contributed by atoms with Crippen LogP contribution in [-0.2, 0) is 6.18 Å². The van der Waals surface area contributed by atoms with Crippen LogP contribution in [-0.4, -0.2) is 34.3 Å². The van der Waals surface area contributed by atoms with Gasteiger partial charge in [0, 0.05) is 26.3 Å². The molecule has 0 saturated carbocycles. The summed E-state index contributed by atoms with van der Waals surface area (Å²) in [7, 11) is 2.99. The minimum atomic E-state index is -4.70. The molecular weight excluding hydrogens is 278 g/mol. The number of carbonyl (C=O) groups excluding carboxylic acids is 1. The van der Waals surface area contributed by atoms with Gasteiger partial charge in [-0.05, 0) is 13.8 Å². The van der Waals surface area contributed by atoms with Crippen molar-refractivity contribution in [2.24, 2.45) is 0 Å². The molecule has 0 radical (unpaired) electrons. The molecule has 1 aromatic rings. The number of halogens is 4. The van der Waals surface area contributed by atoms with E-state index < -0.39 is 35.3 Å². The van der Waals surface area contributed by atoms with Crippen LogP contribution in [0.2, 0.25) is 0 Å². The van der Waals surface area contributed by atoms with Crippen molar-refractivity contribution in [2.75, 3.05) is 14.1 Å². The lowest BCUT2D eigenvalue weighted by Crippen LogP contribution is -2.20. The zero-order valence-corrected chi connectivity index (χ0v) is 11.5. The maximum Gasteiger partial charge on any atom is 0.449 e. The van der Waals surface area contributed by atoms with E-state index in [1.165, 1.54) is 32.8 Å². The zero-order valence-electron chi connectivity index (χ0n) is 11.5. The van der Waals surface area contributed by atoms with Crippen LogP contribution < -0.4 is 0 Å². The molecule has 0 aliphatic rings. The molecule has 112 valence electrons. The highest BCUT2D eigenvalue weighted by molar-refractivity contribution is 6.05. The van der Waals surface area contributed by atoms with E-state index in [-0.39, 0.29) is 0 Å². The lowest BCUT2D eigenvalue weighted by Gasteiger charge is -2.16. The summed E-state index contributed by atoms with van der Waals surface area (Å²) < 4.78 is 52.7. The summed E-state index contributed by atoms with van der Waals surface area (Å²) in [6.07, 6.45) is -3.06. The summed E-state index contributed by atoms with van der Waals surface area (Å²) in [5.41, 5.74) is -0.428. The van der Waals surface area contributed by atoms with Crippen LogP contribution in [0.3, 0.4) is 0 Å². The summed E-state index contributed by atoms with van der Waals surface area (Å²) in [4.78, 5) is 16.3. The number of ketones is 1. The molecule has 0 amide bonds. The van der Waals surface area contributed by atoms with Gasteiger partial charge in [-0.1, -0.05) is 0 Å². The van der Waals surface area contributed by atoms with Gasteiger partial charge in [0.1, 0.15) is 5.69 Å². The van der Waals surface area contributed by atoms with Gasteiger partial charge in [-0.3, -0.25) is 4.79 Å². The monoisotopic (exact) mass is 293 g/mol. The molecule has 20 heavy (non-hydrogen) atoms. The van der Waals surface area contributed by atoms with Gasteiger partial charge < -0.3 is 9.47 Å². The van der Waals surface area contributed by atoms with Crippen LogP contribution >= 0.6 is 0 Å². The molecule has 0 N–H and O–H groups in total. The van der Waals surface area contributed by atoms with E-state index in [4.69, 9.17) is 0 Å². The number of allylic oxidation sites excluding steroid dienone is 1. The summed E-state index contributed by atoms with van der Waals surface area (Å²) in [6.45, 7) is 2.92. The van der Waals surface area contributed by atoms with Crippen LogP contribution in [0.1, 0.15) is 36.2 Å². The minimum Gasteiger partial charge on any atom is -0.381 e. The third-order valence-electron chi connectivity index (χ3n) is 2.39. The Morgan fingerprint density at radius 1 is 1.40 bits per heavy atom. The zero-order chi connectivity index (χ0) is 15.7. The Hall–Kier alpha value is -1.86. The van der Waals surface area contributed by atoms with Crippen molar-refractivity contribution >= 4 is 5.78 Å². The maximum atomic E-state index is 13.6. The van der Waals surface area contributed by atoms with E-state index >= 15 is 0 Å². The Morgan fingerprint density at radius 2 is 1.95 bits per heavy atom. The highest BCUT2D eigenvalue weighted by atomic mass is 19.4. The van der Waals surface area contributed by atoms with Crippen molar-refractivity contribution < 1.29 is 22.4 Å². The molecule has 8 heteroatoms. The number of rotatable bonds is 4. The second kappa shape index (κ2) is 5.64. The minimum absolute atomic E-state index is 0.428. The van der Waals surface area contributed by atoms with E-state index in [9.17, 15) is 22.4 Å². The Morgan fingerprint density at radius 3 is 2.35 bits per heavy atom. The maximum absolute atomic E-state index is 13.6. The lowest BCUT2D eigenvalue weighted by molar-refractivity contribution is -0.147. The van der Waals surface area contributed by atoms with Crippen LogP contribution in [0, 0.1) is 0 Å². The number of alkyl halides is 3. The number of hydrogen-bond acceptors (Lipinski definition) is 3. The van der Waals surface area contributed by atoms with Crippen LogP contribution in [0.15, 0.2) is 18.2 Å². The Bertz CT molecular complexity index is 529. The first kappa shape index (κ1) is 16.2. The Kier molecular flexibility index (Phi) is 4.57. The number of aromatic nitrogens is 2. The Labute approximate surface area is 113 Å². The first-order valence-corrected chi connectivity index (χ1v) is 5.78. The SMILES string of the molecule is CC(C)n1c(C(=O)/C(F)=C\N(C)C)cnc1C(F)(F)F. The normalized spacial score (nSPS) is 12.9. The molecule has 4 nitrogen and oxygen atoms in total. The predicted octanol–water partition coefficient (Wildman–Crippen LogP) is 3.04. The van der Waals surface area contributed by atoms with Gasteiger partial charge in [-0.2, -0.15) is 13.2 Å². The van der Waals surface area contributed by atoms with E-state index in [2.05, 4.69) is 4.98 Å². The van der Waals surface area contributed by atoms with Gasteiger partial charge in [-0.25, -0.2) is 9.37 Å². The van der Waals surface area contributed by atoms with E-state index in [0.29, 0.717) is 4.57 Å². The summed E-state index contributed by atoms with van der Waals surface area (Å²) in [5, 5.41) is 0. The molecule has 0 atom stereocenters. The molecule has 1 heterocycles. The number of carbonyl (C=O) groups is 1. The first-order chi connectivity index (χ1) is 9.05. The highest BCUT2D eigenvalue weighted by Crippen LogP contribution is 2.31. The van der Waals surface area contributed by atoms with Gasteiger partial charge in [0.25, 0.3) is 0 Å². The summed E-state index contributed by atoms with van der Waals surface area (Å²) in [6, 6.07) is -0.680. The van der Waals surface area contributed by atoms with Gasteiger partial charge in [0.05, 0.1) is 6.20 Å². The molecule has 0 aliphatic carbocycles. The highest BCUT2D eigenvalue weighted by Gasteiger charge is 2.39. The standard InChI is InChI=1S/C12H15F4N3O/c1-7(2)19-9(5-17-11(19)12(14,15)16)10(20)8(13)6-18(3)4/h5-7H,1-4H3/b8-6+. The van der Waals surface area contributed by atoms with Crippen molar-refractivity contribution in [1.29, 1.82) is 0 Å². The third kappa shape index (κ3) is 3.37. The number of hydrogen-bond donors (Lipinski definition) is 0. The van der Waals surface area contributed by atoms with E-state index in [1.54, 1.807) is 0 Å². The molecule has 0 saturated heterocycles. The van der Waals surface area contributed by atoms with Crippen molar-refractivity contribution in [3.05, 3.63) is 29.7 Å². The average Bonchev–Trinajstić information content (AvgIpc) is 2.70. The Balaban J connectivity index is 3.34. The predicted molar refractivity (Wildman–Crippen MR) is 64.8 cm³/mol. The molecule has 0 spiro atoms. The second-order valence-corrected chi connectivity index (χ2v) is 4.70. The van der Waals surface area contributed by atoms with Crippen molar-refractivity contribution in [3.8, 4) is 0 Å². The molecule has 0 aromatic carbocycles. The van der Waals surface area contributed by atoms with Crippen LogP contribution in [0.25, 0.3) is 0 Å². The van der Waals surface area contributed by atoms with Crippen molar-refractivity contribution in [1.82, 2.24) is 14.5 Å². The van der Waals surface area contributed by atoms with Gasteiger partial charge in [-0.15, -0.1) is 0 Å². The van der Waals surface area contributed by atoms with Crippen molar-refractivity contribution in [3.63, 3.8) is 0 Å². The topological polar surface area (TPSA) is 38.1 Å². The van der Waals surface area contributed by atoms with Crippen LogP contribution in [0.5, 0.6) is 0 Å². The summed E-state index contributed by atoms with van der Waals surface area (Å²) in [5.74, 6) is -3.49. The fourth-order valence-corrected chi connectivity index (χ4v) is 1.67. The smallest absolute Gasteiger partial charge is 0.381 e. The molecular formula is C12H15F4N3O. The largest absolute Gasteiger partial charge is 0.449 e. The van der Waals surface area contributed by atoms with Crippen molar-refractivity contribution in [2.45, 2.75) is 26.1 Å². The molecule has 0 aliphatic heterocycles. The number of nitrogens with zero attached hydrogens (tertiary/aromatic N) is 3. The number of imidazole rings is 1. The van der Waals surface area contributed by atoms with Gasteiger partial charge in [0.2, 0.25) is 11.6 Å². The quantitative estimate of drug-likeness (QED) is 0.486. The van der Waals surface area contributed by atoms with E-state index in [1.807, 2.05) is 0 Å². The van der Waals surface area contributed by atoms with Crippen LogP contribution in [0.4, 0.5) is 17.6 Å². The lowest BCUT2D eigenvalue weighted by atomic mass is 10.2. The fourth-order valence-electron chi connectivity index (χ4n) is 1.67.